The van der Waals surface area contributed by atoms with E-state index in [0.717, 1.165) is 18.8 Å². The van der Waals surface area contributed by atoms with Crippen molar-refractivity contribution in [3.05, 3.63) is 17.0 Å². The number of hydrogen-bond donors (Lipinski definition) is 2. The molecule has 0 aliphatic carbocycles. The molecule has 1 aromatic heterocycles. The van der Waals surface area contributed by atoms with Crippen molar-refractivity contribution < 1.29 is 19.1 Å². The number of fused-ring (bicyclic) bond motifs is 1. The molecule has 3 amide bonds. The van der Waals surface area contributed by atoms with E-state index in [9.17, 15) is 14.4 Å². The summed E-state index contributed by atoms with van der Waals surface area (Å²) in [6.07, 6.45) is 1.59. The second-order valence-corrected chi connectivity index (χ2v) is 8.39. The normalized spacial score (nSPS) is 17.8. The van der Waals surface area contributed by atoms with E-state index in [1.165, 1.54) is 0 Å². The van der Waals surface area contributed by atoms with E-state index in [1.807, 2.05) is 20.8 Å². The summed E-state index contributed by atoms with van der Waals surface area (Å²) in [5, 5.41) is 10.0. The van der Waals surface area contributed by atoms with Crippen molar-refractivity contribution in [3.63, 3.8) is 0 Å². The van der Waals surface area contributed by atoms with Crippen molar-refractivity contribution in [2.75, 3.05) is 19.6 Å². The number of amides is 3. The highest BCUT2D eigenvalue weighted by Crippen LogP contribution is 2.24. The second kappa shape index (κ2) is 7.90. The fourth-order valence-electron chi connectivity index (χ4n) is 3.61. The van der Waals surface area contributed by atoms with Gasteiger partial charge in [-0.25, -0.2) is 4.79 Å². The lowest BCUT2D eigenvalue weighted by molar-refractivity contribution is -0.124. The molecule has 0 aromatic carbocycles. The Morgan fingerprint density at radius 1 is 1.21 bits per heavy atom. The zero-order valence-electron chi connectivity index (χ0n) is 17.0. The van der Waals surface area contributed by atoms with E-state index in [1.54, 1.807) is 16.6 Å². The summed E-state index contributed by atoms with van der Waals surface area (Å²) < 4.78 is 7.10. The van der Waals surface area contributed by atoms with Crippen LogP contribution in [0.15, 0.2) is 0 Å². The highest BCUT2D eigenvalue weighted by atomic mass is 16.6. The van der Waals surface area contributed by atoms with Gasteiger partial charge >= 0.3 is 6.09 Å². The van der Waals surface area contributed by atoms with Gasteiger partial charge in [0.15, 0.2) is 5.69 Å². The second-order valence-electron chi connectivity index (χ2n) is 8.39. The molecule has 0 radical (unpaired) electrons. The van der Waals surface area contributed by atoms with Crippen LogP contribution in [0.5, 0.6) is 0 Å². The van der Waals surface area contributed by atoms with Gasteiger partial charge in [0, 0.05) is 37.2 Å². The first-order valence-corrected chi connectivity index (χ1v) is 9.74. The summed E-state index contributed by atoms with van der Waals surface area (Å²) in [5.74, 6) is -0.930. The fraction of sp³-hybridized carbons (Fsp3) is 0.684. The standard InChI is InChI=1S/C19H29N5O4/c1-19(2,3)28-18(27)24-10-7-14-13(11-24)15(22-23(14)4)17(26)21-16(25)12-5-8-20-9-6-12/h12,20H,5-11H2,1-4H3,(H,21,25,26). The summed E-state index contributed by atoms with van der Waals surface area (Å²) in [4.78, 5) is 39.1. The van der Waals surface area contributed by atoms with Gasteiger partial charge in [-0.05, 0) is 46.7 Å². The topological polar surface area (TPSA) is 106 Å². The van der Waals surface area contributed by atoms with E-state index in [4.69, 9.17) is 4.74 Å². The van der Waals surface area contributed by atoms with E-state index in [0.29, 0.717) is 31.4 Å². The largest absolute Gasteiger partial charge is 0.444 e. The van der Waals surface area contributed by atoms with Crippen LogP contribution < -0.4 is 10.6 Å². The van der Waals surface area contributed by atoms with Gasteiger partial charge in [0.05, 0.1) is 6.54 Å². The number of piperidine rings is 1. The predicted molar refractivity (Wildman–Crippen MR) is 102 cm³/mol. The van der Waals surface area contributed by atoms with Crippen molar-refractivity contribution in [2.45, 2.75) is 52.2 Å². The van der Waals surface area contributed by atoms with Crippen LogP contribution in [-0.2, 0) is 29.5 Å². The summed E-state index contributed by atoms with van der Waals surface area (Å²) >= 11 is 0. The van der Waals surface area contributed by atoms with Crippen LogP contribution in [-0.4, -0.2) is 57.8 Å². The third-order valence-corrected chi connectivity index (χ3v) is 5.06. The molecule has 0 unspecified atom stereocenters. The Morgan fingerprint density at radius 3 is 2.54 bits per heavy atom. The van der Waals surface area contributed by atoms with E-state index < -0.39 is 17.6 Å². The zero-order valence-corrected chi connectivity index (χ0v) is 17.0. The minimum atomic E-state index is -0.590. The molecule has 0 saturated carbocycles. The maximum Gasteiger partial charge on any atom is 0.410 e. The van der Waals surface area contributed by atoms with Gasteiger partial charge in [-0.2, -0.15) is 5.10 Å². The van der Waals surface area contributed by atoms with Crippen LogP contribution in [0.1, 0.15) is 55.4 Å². The number of nitrogens with zero attached hydrogens (tertiary/aromatic N) is 3. The lowest BCUT2D eigenvalue weighted by atomic mass is 9.97. The van der Waals surface area contributed by atoms with Gasteiger partial charge in [-0.3, -0.25) is 19.6 Å². The summed E-state index contributed by atoms with van der Waals surface area (Å²) in [5.41, 5.74) is 1.19. The smallest absolute Gasteiger partial charge is 0.410 e. The van der Waals surface area contributed by atoms with Crippen molar-refractivity contribution in [3.8, 4) is 0 Å². The molecule has 154 valence electrons. The average Bonchev–Trinajstić information content (AvgIpc) is 2.97. The SMILES string of the molecule is Cn1nc(C(=O)NC(=O)C2CCNCC2)c2c1CCN(C(=O)OC(C)(C)C)C2. The van der Waals surface area contributed by atoms with Gasteiger partial charge < -0.3 is 15.0 Å². The molecule has 1 saturated heterocycles. The Morgan fingerprint density at radius 2 is 1.89 bits per heavy atom. The number of carbonyl (C=O) groups excluding carboxylic acids is 3. The van der Waals surface area contributed by atoms with Crippen LogP contribution >= 0.6 is 0 Å². The Hall–Kier alpha value is -2.42. The monoisotopic (exact) mass is 391 g/mol. The third kappa shape index (κ3) is 4.52. The van der Waals surface area contributed by atoms with Crippen molar-refractivity contribution in [1.82, 2.24) is 25.3 Å². The minimum absolute atomic E-state index is 0.164. The summed E-state index contributed by atoms with van der Waals surface area (Å²) in [6, 6.07) is 0. The van der Waals surface area contributed by atoms with Gasteiger partial charge in [0.25, 0.3) is 5.91 Å². The molecule has 1 fully saturated rings. The molecule has 2 N–H and O–H groups in total. The molecule has 0 atom stereocenters. The maximum atomic E-state index is 12.7. The van der Waals surface area contributed by atoms with E-state index in [-0.39, 0.29) is 24.1 Å². The van der Waals surface area contributed by atoms with Crippen molar-refractivity contribution >= 4 is 17.9 Å². The number of ether oxygens (including phenoxy) is 1. The molecule has 2 aliphatic rings. The first-order chi connectivity index (χ1) is 13.2. The molecular weight excluding hydrogens is 362 g/mol. The van der Waals surface area contributed by atoms with Gasteiger partial charge in [-0.1, -0.05) is 0 Å². The molecule has 9 nitrogen and oxygen atoms in total. The van der Waals surface area contributed by atoms with Gasteiger partial charge in [0.2, 0.25) is 5.91 Å². The maximum absolute atomic E-state index is 12.7. The molecule has 3 rings (SSSR count). The first kappa shape index (κ1) is 20.3. The number of hydrogen-bond acceptors (Lipinski definition) is 6. The summed E-state index contributed by atoms with van der Waals surface area (Å²) in [6.45, 7) is 7.73. The fourth-order valence-corrected chi connectivity index (χ4v) is 3.61. The number of aryl methyl sites for hydroxylation is 1. The van der Waals surface area contributed by atoms with Crippen LogP contribution in [0, 0.1) is 5.92 Å². The lowest BCUT2D eigenvalue weighted by Crippen LogP contribution is -2.42. The minimum Gasteiger partial charge on any atom is -0.444 e. The quantitative estimate of drug-likeness (QED) is 0.728. The molecule has 9 heteroatoms. The number of rotatable bonds is 2. The zero-order chi connectivity index (χ0) is 20.5. The van der Waals surface area contributed by atoms with E-state index in [2.05, 4.69) is 15.7 Å². The Balaban J connectivity index is 1.73. The molecule has 0 bridgehead atoms. The molecule has 3 heterocycles. The number of carbonyl (C=O) groups is 3. The van der Waals surface area contributed by atoms with Crippen LogP contribution in [0.4, 0.5) is 4.79 Å². The number of aromatic nitrogens is 2. The van der Waals surface area contributed by atoms with Crippen LogP contribution in [0.2, 0.25) is 0 Å². The highest BCUT2D eigenvalue weighted by Gasteiger charge is 2.32. The van der Waals surface area contributed by atoms with Gasteiger partial charge in [-0.15, -0.1) is 0 Å². The number of imide groups is 1. The highest BCUT2D eigenvalue weighted by molar-refractivity contribution is 6.05. The summed E-state index contributed by atoms with van der Waals surface area (Å²) in [7, 11) is 1.77. The third-order valence-electron chi connectivity index (χ3n) is 5.06. The lowest BCUT2D eigenvalue weighted by Gasteiger charge is -2.30. The molecule has 1 aromatic rings. The average molecular weight is 391 g/mol. The molecule has 2 aliphatic heterocycles. The molecular formula is C19H29N5O4. The molecule has 28 heavy (non-hydrogen) atoms. The Labute approximate surface area is 164 Å². The van der Waals surface area contributed by atoms with Crippen molar-refractivity contribution in [2.24, 2.45) is 13.0 Å². The number of nitrogens with one attached hydrogen (secondary N) is 2. The molecule has 0 spiro atoms. The van der Waals surface area contributed by atoms with Crippen LogP contribution in [0.25, 0.3) is 0 Å². The predicted octanol–water partition coefficient (Wildman–Crippen LogP) is 0.969. The van der Waals surface area contributed by atoms with Crippen molar-refractivity contribution in [1.29, 1.82) is 0 Å². The first-order valence-electron chi connectivity index (χ1n) is 9.74. The van der Waals surface area contributed by atoms with E-state index >= 15 is 0 Å². The van der Waals surface area contributed by atoms with Gasteiger partial charge in [0.1, 0.15) is 5.60 Å². The Kier molecular flexibility index (Phi) is 5.74. The van der Waals surface area contributed by atoms with Crippen LogP contribution in [0.3, 0.4) is 0 Å². The Bertz CT molecular complexity index is 774.